The zero-order chi connectivity index (χ0) is 14.5. The first kappa shape index (κ1) is 14.5. The number of carboxylic acid groups (broad SMARTS) is 1. The number of esters is 1. The van der Waals surface area contributed by atoms with Gasteiger partial charge in [-0.25, -0.2) is 14.3 Å². The summed E-state index contributed by atoms with van der Waals surface area (Å²) in [5.74, 6) is -1.58. The maximum absolute atomic E-state index is 12.2. The van der Waals surface area contributed by atoms with Gasteiger partial charge in [-0.2, -0.15) is 0 Å². The normalized spacial score (nSPS) is 17.6. The van der Waals surface area contributed by atoms with Crippen molar-refractivity contribution in [2.75, 3.05) is 0 Å². The topological polar surface area (TPSA) is 94.3 Å². The Morgan fingerprint density at radius 1 is 1.45 bits per heavy atom. The van der Waals surface area contributed by atoms with Crippen molar-refractivity contribution in [1.82, 2.24) is 15.0 Å². The van der Waals surface area contributed by atoms with E-state index in [4.69, 9.17) is 9.84 Å². The van der Waals surface area contributed by atoms with Gasteiger partial charge in [0, 0.05) is 0 Å². The predicted octanol–water partition coefficient (Wildman–Crippen LogP) is 1.80. The fourth-order valence-corrected chi connectivity index (χ4v) is 2.49. The van der Waals surface area contributed by atoms with Gasteiger partial charge in [-0.05, 0) is 32.1 Å². The van der Waals surface area contributed by atoms with Gasteiger partial charge < -0.3 is 9.84 Å². The second kappa shape index (κ2) is 6.49. The highest BCUT2D eigenvalue weighted by Crippen LogP contribution is 2.23. The zero-order valence-electron chi connectivity index (χ0n) is 11.5. The summed E-state index contributed by atoms with van der Waals surface area (Å²) in [5, 5.41) is 16.3. The highest BCUT2D eigenvalue weighted by molar-refractivity contribution is 5.86. The first-order valence-electron chi connectivity index (χ1n) is 6.97. The van der Waals surface area contributed by atoms with E-state index < -0.39 is 18.0 Å². The highest BCUT2D eigenvalue weighted by atomic mass is 16.5. The lowest BCUT2D eigenvalue weighted by atomic mass is 9.98. The molecule has 1 fully saturated rings. The van der Waals surface area contributed by atoms with Crippen LogP contribution in [-0.2, 0) is 9.53 Å². The number of hydrogen-bond acceptors (Lipinski definition) is 5. The van der Waals surface area contributed by atoms with Crippen molar-refractivity contribution in [3.8, 4) is 0 Å². The minimum absolute atomic E-state index is 0.0536. The largest absolute Gasteiger partial charge is 0.476 e. The van der Waals surface area contributed by atoms with Gasteiger partial charge in [-0.1, -0.05) is 18.6 Å². The Labute approximate surface area is 116 Å². The molecule has 0 bridgehead atoms. The monoisotopic (exact) mass is 281 g/mol. The number of nitrogens with zero attached hydrogens (tertiary/aromatic N) is 3. The Morgan fingerprint density at radius 3 is 2.75 bits per heavy atom. The molecule has 1 unspecified atom stereocenters. The van der Waals surface area contributed by atoms with E-state index in [1.54, 1.807) is 6.92 Å². The number of carbonyl (C=O) groups is 2. The molecule has 1 heterocycles. The number of aromatic nitrogens is 3. The summed E-state index contributed by atoms with van der Waals surface area (Å²) in [4.78, 5) is 23.3. The van der Waals surface area contributed by atoms with Crippen LogP contribution in [0.1, 0.15) is 62.0 Å². The van der Waals surface area contributed by atoms with Crippen molar-refractivity contribution in [2.45, 2.75) is 57.6 Å². The lowest BCUT2D eigenvalue weighted by Gasteiger charge is -2.24. The summed E-state index contributed by atoms with van der Waals surface area (Å²) in [6.07, 6.45) is 6.57. The van der Waals surface area contributed by atoms with Crippen LogP contribution in [0.2, 0.25) is 0 Å². The van der Waals surface area contributed by atoms with Gasteiger partial charge in [0.15, 0.2) is 11.7 Å². The molecule has 1 aliphatic carbocycles. The molecule has 0 saturated heterocycles. The minimum atomic E-state index is -1.15. The maximum Gasteiger partial charge on any atom is 0.355 e. The summed E-state index contributed by atoms with van der Waals surface area (Å²) < 4.78 is 6.61. The molecule has 0 aromatic carbocycles. The van der Waals surface area contributed by atoms with E-state index in [9.17, 15) is 9.59 Å². The van der Waals surface area contributed by atoms with Gasteiger partial charge >= 0.3 is 11.9 Å². The molecule has 7 heteroatoms. The minimum Gasteiger partial charge on any atom is -0.476 e. The molecule has 1 aromatic rings. The third-order valence-corrected chi connectivity index (χ3v) is 3.58. The summed E-state index contributed by atoms with van der Waals surface area (Å²) in [5.41, 5.74) is -0.0996. The van der Waals surface area contributed by atoms with E-state index in [2.05, 4.69) is 10.3 Å². The second-order valence-electron chi connectivity index (χ2n) is 4.99. The van der Waals surface area contributed by atoms with E-state index >= 15 is 0 Å². The lowest BCUT2D eigenvalue weighted by Crippen LogP contribution is -2.29. The molecule has 0 amide bonds. The molecule has 1 N–H and O–H groups in total. The molecule has 1 aliphatic rings. The Kier molecular flexibility index (Phi) is 4.70. The Morgan fingerprint density at radius 2 is 2.15 bits per heavy atom. The molecule has 1 aromatic heterocycles. The molecule has 1 saturated carbocycles. The Hall–Kier alpha value is -1.92. The van der Waals surface area contributed by atoms with Crippen LogP contribution < -0.4 is 0 Å². The molecule has 0 aliphatic heterocycles. The van der Waals surface area contributed by atoms with Crippen LogP contribution >= 0.6 is 0 Å². The SMILES string of the molecule is CCC(C(=O)OC1CCCCC1)n1nncc1C(=O)O. The standard InChI is InChI=1S/C13H19N3O4/c1-2-10(16-11(12(17)18)8-14-15-16)13(19)20-9-6-4-3-5-7-9/h8-10H,2-7H2,1H3,(H,17,18). The molecule has 7 nitrogen and oxygen atoms in total. The van der Waals surface area contributed by atoms with Crippen molar-refractivity contribution in [3.05, 3.63) is 11.9 Å². The first-order valence-corrected chi connectivity index (χ1v) is 6.97. The van der Waals surface area contributed by atoms with E-state index in [-0.39, 0.29) is 11.8 Å². The van der Waals surface area contributed by atoms with Crippen molar-refractivity contribution >= 4 is 11.9 Å². The third kappa shape index (κ3) is 3.15. The van der Waals surface area contributed by atoms with E-state index in [1.165, 1.54) is 6.42 Å². The number of carbonyl (C=O) groups excluding carboxylic acids is 1. The van der Waals surface area contributed by atoms with E-state index in [1.807, 2.05) is 0 Å². The van der Waals surface area contributed by atoms with Crippen LogP contribution in [0.5, 0.6) is 0 Å². The Balaban J connectivity index is 2.08. The van der Waals surface area contributed by atoms with Gasteiger partial charge in [0.25, 0.3) is 0 Å². The fourth-order valence-electron chi connectivity index (χ4n) is 2.49. The summed E-state index contributed by atoms with van der Waals surface area (Å²) in [6, 6.07) is -0.731. The van der Waals surface area contributed by atoms with Crippen LogP contribution in [0, 0.1) is 0 Å². The van der Waals surface area contributed by atoms with Crippen molar-refractivity contribution in [3.63, 3.8) is 0 Å². The van der Waals surface area contributed by atoms with Crippen LogP contribution in [0.15, 0.2) is 6.20 Å². The maximum atomic E-state index is 12.2. The molecule has 0 spiro atoms. The number of carboxylic acids is 1. The van der Waals surface area contributed by atoms with Gasteiger partial charge in [-0.15, -0.1) is 5.10 Å². The number of aromatic carboxylic acids is 1. The molecule has 110 valence electrons. The lowest BCUT2D eigenvalue weighted by molar-refractivity contribution is -0.155. The van der Waals surface area contributed by atoms with E-state index in [0.717, 1.165) is 36.6 Å². The molecular weight excluding hydrogens is 262 g/mol. The molecular formula is C13H19N3O4. The first-order chi connectivity index (χ1) is 9.63. The summed E-state index contributed by atoms with van der Waals surface area (Å²) in [6.45, 7) is 1.79. The van der Waals surface area contributed by atoms with Gasteiger partial charge in [0.2, 0.25) is 0 Å². The number of rotatable bonds is 5. The van der Waals surface area contributed by atoms with E-state index in [0.29, 0.717) is 6.42 Å². The fraction of sp³-hybridized carbons (Fsp3) is 0.692. The quantitative estimate of drug-likeness (QED) is 0.827. The smallest absolute Gasteiger partial charge is 0.355 e. The predicted molar refractivity (Wildman–Crippen MR) is 69.3 cm³/mol. The van der Waals surface area contributed by atoms with Gasteiger partial charge in [0.05, 0.1) is 6.20 Å². The molecule has 2 rings (SSSR count). The molecule has 0 radical (unpaired) electrons. The van der Waals surface area contributed by atoms with Crippen LogP contribution in [0.3, 0.4) is 0 Å². The number of ether oxygens (including phenoxy) is 1. The number of hydrogen-bond donors (Lipinski definition) is 1. The Bertz CT molecular complexity index is 480. The average molecular weight is 281 g/mol. The molecule has 20 heavy (non-hydrogen) atoms. The van der Waals surface area contributed by atoms with Gasteiger partial charge in [-0.3, -0.25) is 0 Å². The second-order valence-corrected chi connectivity index (χ2v) is 4.99. The van der Waals surface area contributed by atoms with Crippen molar-refractivity contribution in [2.24, 2.45) is 0 Å². The third-order valence-electron chi connectivity index (χ3n) is 3.58. The van der Waals surface area contributed by atoms with Crippen LogP contribution in [0.25, 0.3) is 0 Å². The van der Waals surface area contributed by atoms with Crippen LogP contribution in [0.4, 0.5) is 0 Å². The average Bonchev–Trinajstić information content (AvgIpc) is 2.90. The van der Waals surface area contributed by atoms with Gasteiger partial charge in [0.1, 0.15) is 6.10 Å². The molecule has 1 atom stereocenters. The van der Waals surface area contributed by atoms with Crippen molar-refractivity contribution < 1.29 is 19.4 Å². The van der Waals surface area contributed by atoms with Crippen molar-refractivity contribution in [1.29, 1.82) is 0 Å². The zero-order valence-corrected chi connectivity index (χ0v) is 11.5. The summed E-state index contributed by atoms with van der Waals surface area (Å²) in [7, 11) is 0. The summed E-state index contributed by atoms with van der Waals surface area (Å²) >= 11 is 0. The van der Waals surface area contributed by atoms with Crippen LogP contribution in [-0.4, -0.2) is 38.1 Å². The highest BCUT2D eigenvalue weighted by Gasteiger charge is 2.28.